The number of urea groups is 2. The summed E-state index contributed by atoms with van der Waals surface area (Å²) < 4.78 is 28.8. The van der Waals surface area contributed by atoms with Crippen LogP contribution in [-0.4, -0.2) is 53.3 Å². The standard InChI is InChI=1S/C28H29F2N5O4/c1-31-26(38)32-22-11-17-8-9-28(20(17)12-21(22)30)25(37)35(27(39)33-28)14-24(36)34-13-18-4-6-19(29)10-16(18)5-7-23(34)15-2-3-15/h4,6,10-12,15,23H,2-3,5,7-9,13-14H2,1H3,(H,33,39)(H2,31,32,38)/t23-,28+/m0/s1. The molecule has 9 nitrogen and oxygen atoms in total. The lowest BCUT2D eigenvalue weighted by atomic mass is 9.91. The molecule has 2 aromatic rings. The van der Waals surface area contributed by atoms with Crippen LogP contribution in [0.2, 0.25) is 0 Å². The maximum absolute atomic E-state index is 14.9. The van der Waals surface area contributed by atoms with Gasteiger partial charge in [0.05, 0.1) is 5.69 Å². The van der Waals surface area contributed by atoms with Gasteiger partial charge in [0.25, 0.3) is 5.91 Å². The molecule has 2 aliphatic carbocycles. The molecule has 0 aromatic heterocycles. The van der Waals surface area contributed by atoms with Crippen molar-refractivity contribution in [3.8, 4) is 0 Å². The highest BCUT2D eigenvalue weighted by Gasteiger charge is 2.56. The van der Waals surface area contributed by atoms with Gasteiger partial charge in [0.1, 0.15) is 23.7 Å². The predicted octanol–water partition coefficient (Wildman–Crippen LogP) is 3.16. The summed E-state index contributed by atoms with van der Waals surface area (Å²) in [6.07, 6.45) is 3.96. The van der Waals surface area contributed by atoms with E-state index in [1.807, 2.05) is 0 Å². The van der Waals surface area contributed by atoms with Crippen LogP contribution in [0.5, 0.6) is 0 Å². The second-order valence-electron chi connectivity index (χ2n) is 10.8. The van der Waals surface area contributed by atoms with Crippen LogP contribution in [0.3, 0.4) is 0 Å². The minimum atomic E-state index is -1.46. The highest BCUT2D eigenvalue weighted by molar-refractivity contribution is 6.10. The first-order valence-corrected chi connectivity index (χ1v) is 13.2. The molecule has 0 bridgehead atoms. The zero-order valence-electron chi connectivity index (χ0n) is 21.5. The quantitative estimate of drug-likeness (QED) is 0.521. The lowest BCUT2D eigenvalue weighted by Crippen LogP contribution is -2.48. The summed E-state index contributed by atoms with van der Waals surface area (Å²) >= 11 is 0. The Kier molecular flexibility index (Phi) is 6.04. The number of carbonyl (C=O) groups is 4. The second kappa shape index (κ2) is 9.32. The number of nitrogens with one attached hydrogen (secondary N) is 3. The number of imide groups is 1. The smallest absolute Gasteiger partial charge is 0.325 e. The van der Waals surface area contributed by atoms with Crippen LogP contribution < -0.4 is 16.0 Å². The van der Waals surface area contributed by atoms with Gasteiger partial charge in [-0.05, 0) is 91.0 Å². The van der Waals surface area contributed by atoms with Crippen molar-refractivity contribution in [1.29, 1.82) is 0 Å². The average molecular weight is 538 g/mol. The molecule has 2 aliphatic heterocycles. The zero-order chi connectivity index (χ0) is 27.5. The van der Waals surface area contributed by atoms with Gasteiger partial charge in [0.15, 0.2) is 0 Å². The first-order chi connectivity index (χ1) is 18.7. The Bertz CT molecular complexity index is 1410. The minimum absolute atomic E-state index is 0.0265. The summed E-state index contributed by atoms with van der Waals surface area (Å²) in [4.78, 5) is 54.8. The van der Waals surface area contributed by atoms with Crippen molar-refractivity contribution < 1.29 is 28.0 Å². The number of hydrogen-bond acceptors (Lipinski definition) is 4. The third kappa shape index (κ3) is 4.29. The van der Waals surface area contributed by atoms with E-state index in [1.165, 1.54) is 31.3 Å². The van der Waals surface area contributed by atoms with Gasteiger partial charge in [-0.2, -0.15) is 0 Å². The molecule has 39 heavy (non-hydrogen) atoms. The summed E-state index contributed by atoms with van der Waals surface area (Å²) in [7, 11) is 1.41. The molecule has 2 heterocycles. The SMILES string of the molecule is CNC(=O)Nc1cc2c(cc1F)[C@@]1(CC2)NC(=O)N(CC(=O)N2Cc3ccc(F)cc3CC[C@H]2C2CC2)C1=O. The van der Waals surface area contributed by atoms with Gasteiger partial charge in [0, 0.05) is 19.6 Å². The number of hydrogen-bond donors (Lipinski definition) is 3. The first-order valence-electron chi connectivity index (χ1n) is 13.2. The summed E-state index contributed by atoms with van der Waals surface area (Å²) in [5.41, 5.74) is 1.22. The molecular formula is C28H29F2N5O4. The monoisotopic (exact) mass is 537 g/mol. The number of amides is 6. The topological polar surface area (TPSA) is 111 Å². The van der Waals surface area contributed by atoms with Crippen molar-refractivity contribution in [2.75, 3.05) is 18.9 Å². The second-order valence-corrected chi connectivity index (χ2v) is 10.8. The maximum Gasteiger partial charge on any atom is 0.325 e. The number of rotatable bonds is 4. The maximum atomic E-state index is 14.9. The van der Waals surface area contributed by atoms with Crippen LogP contribution in [0.1, 0.15) is 47.9 Å². The normalized spacial score (nSPS) is 23.8. The lowest BCUT2D eigenvalue weighted by molar-refractivity contribution is -0.141. The van der Waals surface area contributed by atoms with Gasteiger partial charge in [0.2, 0.25) is 5.91 Å². The number of aryl methyl sites for hydroxylation is 2. The number of nitrogens with zero attached hydrogens (tertiary/aromatic N) is 2. The molecule has 4 aliphatic rings. The molecule has 11 heteroatoms. The van der Waals surface area contributed by atoms with E-state index in [9.17, 15) is 28.0 Å². The van der Waals surface area contributed by atoms with E-state index < -0.39 is 35.9 Å². The molecule has 204 valence electrons. The van der Waals surface area contributed by atoms with Crippen molar-refractivity contribution in [1.82, 2.24) is 20.4 Å². The zero-order valence-corrected chi connectivity index (χ0v) is 21.5. The Morgan fingerprint density at radius 1 is 1.05 bits per heavy atom. The molecule has 1 saturated carbocycles. The molecule has 2 atom stereocenters. The van der Waals surface area contributed by atoms with Gasteiger partial charge in [-0.1, -0.05) is 6.07 Å². The summed E-state index contributed by atoms with van der Waals surface area (Å²) in [6.45, 7) is -0.139. The fourth-order valence-electron chi connectivity index (χ4n) is 6.29. The van der Waals surface area contributed by atoms with Crippen LogP contribution in [-0.2, 0) is 34.5 Å². The molecular weight excluding hydrogens is 508 g/mol. The Hall–Kier alpha value is -4.02. The Labute approximate surface area is 223 Å². The highest BCUT2D eigenvalue weighted by Crippen LogP contribution is 2.44. The summed E-state index contributed by atoms with van der Waals surface area (Å²) in [5.74, 6) is -1.64. The van der Waals surface area contributed by atoms with Crippen molar-refractivity contribution in [2.45, 2.75) is 56.7 Å². The van der Waals surface area contributed by atoms with Crippen molar-refractivity contribution in [3.05, 3.63) is 64.2 Å². The largest absolute Gasteiger partial charge is 0.341 e. The fourth-order valence-corrected chi connectivity index (χ4v) is 6.29. The molecule has 3 N–H and O–H groups in total. The Morgan fingerprint density at radius 2 is 1.85 bits per heavy atom. The number of halogens is 2. The van der Waals surface area contributed by atoms with E-state index in [2.05, 4.69) is 16.0 Å². The van der Waals surface area contributed by atoms with E-state index in [0.717, 1.165) is 28.9 Å². The predicted molar refractivity (Wildman–Crippen MR) is 137 cm³/mol. The molecule has 2 fully saturated rings. The third-order valence-electron chi connectivity index (χ3n) is 8.47. The molecule has 2 aromatic carbocycles. The van der Waals surface area contributed by atoms with E-state index in [-0.39, 0.29) is 29.9 Å². The third-order valence-corrected chi connectivity index (χ3v) is 8.47. The van der Waals surface area contributed by atoms with Gasteiger partial charge in [-0.25, -0.2) is 18.4 Å². The van der Waals surface area contributed by atoms with Crippen LogP contribution in [0.4, 0.5) is 24.1 Å². The van der Waals surface area contributed by atoms with Crippen LogP contribution >= 0.6 is 0 Å². The Balaban J connectivity index is 1.24. The summed E-state index contributed by atoms with van der Waals surface area (Å²) in [6, 6.07) is 5.91. The van der Waals surface area contributed by atoms with E-state index in [4.69, 9.17) is 0 Å². The highest BCUT2D eigenvalue weighted by atomic mass is 19.1. The number of anilines is 1. The number of benzene rings is 2. The van der Waals surface area contributed by atoms with Crippen LogP contribution in [0, 0.1) is 17.6 Å². The molecule has 0 unspecified atom stereocenters. The summed E-state index contributed by atoms with van der Waals surface area (Å²) in [5, 5.41) is 7.51. The van der Waals surface area contributed by atoms with Crippen molar-refractivity contribution in [3.63, 3.8) is 0 Å². The van der Waals surface area contributed by atoms with Crippen LogP contribution in [0.25, 0.3) is 0 Å². The number of fused-ring (bicyclic) bond motifs is 3. The van der Waals surface area contributed by atoms with Crippen molar-refractivity contribution >= 4 is 29.6 Å². The van der Waals surface area contributed by atoms with Gasteiger partial charge in [-0.15, -0.1) is 0 Å². The van der Waals surface area contributed by atoms with Crippen molar-refractivity contribution in [2.24, 2.45) is 5.92 Å². The molecule has 6 rings (SSSR count). The number of carbonyl (C=O) groups excluding carboxylic acids is 4. The Morgan fingerprint density at radius 3 is 2.59 bits per heavy atom. The molecule has 0 radical (unpaired) electrons. The first kappa shape index (κ1) is 25.3. The lowest BCUT2D eigenvalue weighted by Gasteiger charge is -2.31. The van der Waals surface area contributed by atoms with Gasteiger partial charge < -0.3 is 20.9 Å². The fraction of sp³-hybridized carbons (Fsp3) is 0.429. The van der Waals surface area contributed by atoms with E-state index in [1.54, 1.807) is 11.0 Å². The molecule has 6 amide bonds. The van der Waals surface area contributed by atoms with Gasteiger partial charge in [-0.3, -0.25) is 14.5 Å². The molecule has 1 spiro atoms. The van der Waals surface area contributed by atoms with E-state index in [0.29, 0.717) is 42.9 Å². The minimum Gasteiger partial charge on any atom is -0.341 e. The van der Waals surface area contributed by atoms with Crippen LogP contribution in [0.15, 0.2) is 30.3 Å². The average Bonchev–Trinajstić information content (AvgIpc) is 3.68. The van der Waals surface area contributed by atoms with Gasteiger partial charge >= 0.3 is 12.1 Å². The molecule has 1 saturated heterocycles. The van der Waals surface area contributed by atoms with E-state index >= 15 is 0 Å².